The number of piperazine rings is 1. The van der Waals surface area contributed by atoms with Crippen molar-refractivity contribution in [2.24, 2.45) is 5.73 Å². The van der Waals surface area contributed by atoms with Crippen LogP contribution in [-0.2, 0) is 4.74 Å². The van der Waals surface area contributed by atoms with Gasteiger partial charge in [-0.3, -0.25) is 9.80 Å². The van der Waals surface area contributed by atoms with Crippen molar-refractivity contribution in [3.05, 3.63) is 0 Å². The number of nitrogens with zero attached hydrogens (tertiary/aromatic N) is 2. The molecule has 0 spiro atoms. The minimum absolute atomic E-state index is 0.553. The molecule has 0 aromatic heterocycles. The maximum absolute atomic E-state index is 5.61. The maximum Gasteiger partial charge on any atom is 0.0618 e. The van der Waals surface area contributed by atoms with Crippen molar-refractivity contribution in [3.63, 3.8) is 0 Å². The predicted octanol–water partition coefficient (Wildman–Crippen LogP) is 1.16. The van der Waals surface area contributed by atoms with E-state index in [0.717, 1.165) is 32.0 Å². The zero-order valence-electron chi connectivity index (χ0n) is 12.4. The van der Waals surface area contributed by atoms with Crippen LogP contribution in [0.3, 0.4) is 0 Å². The van der Waals surface area contributed by atoms with Crippen LogP contribution in [0.5, 0.6) is 0 Å². The first-order chi connectivity index (χ1) is 8.72. The molecule has 1 saturated heterocycles. The number of ether oxygens (including phenoxy) is 1. The molecule has 1 fully saturated rings. The molecule has 0 radical (unpaired) electrons. The van der Waals surface area contributed by atoms with E-state index in [9.17, 15) is 0 Å². The van der Waals surface area contributed by atoms with Gasteiger partial charge in [0.05, 0.1) is 6.61 Å². The van der Waals surface area contributed by atoms with E-state index < -0.39 is 0 Å². The molecule has 2 N–H and O–H groups in total. The summed E-state index contributed by atoms with van der Waals surface area (Å²) >= 11 is 0. The lowest BCUT2D eigenvalue weighted by molar-refractivity contribution is 0.0337. The summed E-state index contributed by atoms with van der Waals surface area (Å²) in [5.74, 6) is 0. The van der Waals surface area contributed by atoms with Crippen molar-refractivity contribution >= 4 is 0 Å². The molecule has 1 aliphatic heterocycles. The van der Waals surface area contributed by atoms with E-state index in [-0.39, 0.29) is 0 Å². The third-order valence-electron chi connectivity index (χ3n) is 4.18. The fourth-order valence-corrected chi connectivity index (χ4v) is 2.72. The first kappa shape index (κ1) is 15.9. The highest BCUT2D eigenvalue weighted by Crippen LogP contribution is 2.14. The Labute approximate surface area is 112 Å². The fourth-order valence-electron chi connectivity index (χ4n) is 2.72. The predicted molar refractivity (Wildman–Crippen MR) is 76.9 cm³/mol. The van der Waals surface area contributed by atoms with Gasteiger partial charge in [-0.15, -0.1) is 0 Å². The molecule has 0 aromatic rings. The third kappa shape index (κ3) is 4.84. The van der Waals surface area contributed by atoms with E-state index in [1.165, 1.54) is 32.6 Å². The summed E-state index contributed by atoms with van der Waals surface area (Å²) < 4.78 is 5.35. The van der Waals surface area contributed by atoms with E-state index >= 15 is 0 Å². The van der Waals surface area contributed by atoms with Gasteiger partial charge in [-0.1, -0.05) is 6.92 Å². The zero-order valence-corrected chi connectivity index (χ0v) is 12.4. The zero-order chi connectivity index (χ0) is 13.4. The minimum atomic E-state index is 0.553. The molecule has 2 atom stereocenters. The summed E-state index contributed by atoms with van der Waals surface area (Å²) in [5, 5.41) is 0. The Morgan fingerprint density at radius 2 is 1.78 bits per heavy atom. The quantitative estimate of drug-likeness (QED) is 0.708. The van der Waals surface area contributed by atoms with Crippen LogP contribution < -0.4 is 5.73 Å². The highest BCUT2D eigenvalue weighted by atomic mass is 16.5. The van der Waals surface area contributed by atoms with Crippen LogP contribution in [0.25, 0.3) is 0 Å². The number of methoxy groups -OCH3 is 1. The second kappa shape index (κ2) is 8.86. The Hall–Kier alpha value is -0.160. The topological polar surface area (TPSA) is 41.7 Å². The number of hydrogen-bond acceptors (Lipinski definition) is 4. The Bertz CT molecular complexity index is 205. The van der Waals surface area contributed by atoms with Gasteiger partial charge in [0.1, 0.15) is 0 Å². The first-order valence-electron chi connectivity index (χ1n) is 7.40. The van der Waals surface area contributed by atoms with Gasteiger partial charge in [0.2, 0.25) is 0 Å². The SMILES string of the molecule is CCC(C)N1CCN(C(CCCN)COC)CC1. The molecule has 4 nitrogen and oxygen atoms in total. The maximum atomic E-state index is 5.61. The van der Waals surface area contributed by atoms with E-state index in [2.05, 4.69) is 23.6 Å². The third-order valence-corrected chi connectivity index (χ3v) is 4.18. The van der Waals surface area contributed by atoms with Crippen LogP contribution >= 0.6 is 0 Å². The first-order valence-corrected chi connectivity index (χ1v) is 7.40. The van der Waals surface area contributed by atoms with E-state index in [0.29, 0.717) is 6.04 Å². The van der Waals surface area contributed by atoms with Gasteiger partial charge in [-0.05, 0) is 32.7 Å². The number of nitrogens with two attached hydrogens (primary N) is 1. The molecule has 4 heteroatoms. The largest absolute Gasteiger partial charge is 0.383 e. The van der Waals surface area contributed by atoms with Crippen LogP contribution in [0.15, 0.2) is 0 Å². The summed E-state index contributed by atoms with van der Waals surface area (Å²) in [5.41, 5.74) is 5.61. The number of hydrogen-bond donors (Lipinski definition) is 1. The summed E-state index contributed by atoms with van der Waals surface area (Å²) in [6.07, 6.45) is 3.50. The van der Waals surface area contributed by atoms with Crippen molar-refractivity contribution in [2.75, 3.05) is 46.4 Å². The van der Waals surface area contributed by atoms with Crippen LogP contribution in [-0.4, -0.2) is 68.3 Å². The molecule has 18 heavy (non-hydrogen) atoms. The average molecular weight is 257 g/mol. The highest BCUT2D eigenvalue weighted by Gasteiger charge is 2.24. The van der Waals surface area contributed by atoms with Gasteiger partial charge in [0, 0.05) is 45.4 Å². The molecule has 0 saturated carbocycles. The second-order valence-corrected chi connectivity index (χ2v) is 5.37. The van der Waals surface area contributed by atoms with E-state index in [1.807, 2.05) is 0 Å². The summed E-state index contributed by atoms with van der Waals surface area (Å²) in [6.45, 7) is 10.9. The van der Waals surface area contributed by atoms with Gasteiger partial charge in [-0.2, -0.15) is 0 Å². The van der Waals surface area contributed by atoms with E-state index in [4.69, 9.17) is 10.5 Å². The monoisotopic (exact) mass is 257 g/mol. The Balaban J connectivity index is 2.37. The Morgan fingerprint density at radius 1 is 1.17 bits per heavy atom. The molecule has 2 unspecified atom stereocenters. The van der Waals surface area contributed by atoms with Crippen molar-refractivity contribution in [3.8, 4) is 0 Å². The van der Waals surface area contributed by atoms with Gasteiger partial charge in [0.25, 0.3) is 0 Å². The van der Waals surface area contributed by atoms with Crippen molar-refractivity contribution in [2.45, 2.75) is 45.2 Å². The van der Waals surface area contributed by atoms with Gasteiger partial charge >= 0.3 is 0 Å². The Kier molecular flexibility index (Phi) is 7.82. The van der Waals surface area contributed by atoms with Crippen LogP contribution in [0.2, 0.25) is 0 Å². The van der Waals surface area contributed by atoms with Crippen molar-refractivity contribution < 1.29 is 4.74 Å². The molecule has 1 aliphatic rings. The molecular weight excluding hydrogens is 226 g/mol. The summed E-state index contributed by atoms with van der Waals surface area (Å²) in [7, 11) is 1.80. The standard InChI is InChI=1S/C14H31N3O/c1-4-13(2)16-8-10-17(11-9-16)14(12-18-3)6-5-7-15/h13-14H,4-12,15H2,1-3H3. The summed E-state index contributed by atoms with van der Waals surface area (Å²) in [6, 6.07) is 1.27. The molecule has 1 rings (SSSR count). The smallest absolute Gasteiger partial charge is 0.0618 e. The number of rotatable bonds is 8. The van der Waals surface area contributed by atoms with Crippen LogP contribution in [0, 0.1) is 0 Å². The van der Waals surface area contributed by atoms with Crippen LogP contribution in [0.4, 0.5) is 0 Å². The summed E-state index contributed by atoms with van der Waals surface area (Å²) in [4.78, 5) is 5.18. The van der Waals surface area contributed by atoms with Gasteiger partial charge < -0.3 is 10.5 Å². The molecule has 0 bridgehead atoms. The normalized spacial score (nSPS) is 22.0. The second-order valence-electron chi connectivity index (χ2n) is 5.37. The van der Waals surface area contributed by atoms with Gasteiger partial charge in [0.15, 0.2) is 0 Å². The van der Waals surface area contributed by atoms with Crippen molar-refractivity contribution in [1.29, 1.82) is 0 Å². The highest BCUT2D eigenvalue weighted by molar-refractivity contribution is 4.80. The Morgan fingerprint density at radius 3 is 2.28 bits per heavy atom. The molecular formula is C14H31N3O. The fraction of sp³-hybridized carbons (Fsp3) is 1.00. The molecule has 0 aliphatic carbocycles. The van der Waals surface area contributed by atoms with Gasteiger partial charge in [-0.25, -0.2) is 0 Å². The molecule has 108 valence electrons. The van der Waals surface area contributed by atoms with Crippen LogP contribution in [0.1, 0.15) is 33.1 Å². The molecule has 0 amide bonds. The average Bonchev–Trinajstić information content (AvgIpc) is 2.43. The lowest BCUT2D eigenvalue weighted by atomic mass is 10.1. The lowest BCUT2D eigenvalue weighted by Gasteiger charge is -2.41. The molecule has 0 aromatic carbocycles. The lowest BCUT2D eigenvalue weighted by Crippen LogP contribution is -2.53. The van der Waals surface area contributed by atoms with E-state index in [1.54, 1.807) is 7.11 Å². The van der Waals surface area contributed by atoms with Crippen molar-refractivity contribution in [1.82, 2.24) is 9.80 Å². The minimum Gasteiger partial charge on any atom is -0.383 e. The molecule has 1 heterocycles.